The van der Waals surface area contributed by atoms with E-state index in [1.54, 1.807) is 11.0 Å². The van der Waals surface area contributed by atoms with E-state index in [0.29, 0.717) is 29.7 Å². The molecule has 1 N–H and O–H groups in total. The topological polar surface area (TPSA) is 41.6 Å². The van der Waals surface area contributed by atoms with Crippen LogP contribution in [-0.4, -0.2) is 30.6 Å². The molecule has 1 aliphatic rings. The Labute approximate surface area is 142 Å². The fourth-order valence-electron chi connectivity index (χ4n) is 2.33. The van der Waals surface area contributed by atoms with Crippen LogP contribution in [0.25, 0.3) is 0 Å². The molecule has 0 bridgehead atoms. The summed E-state index contributed by atoms with van der Waals surface area (Å²) in [5.41, 5.74) is 0.881. The number of anilines is 1. The van der Waals surface area contributed by atoms with Gasteiger partial charge in [0.1, 0.15) is 6.10 Å². The molecule has 7 heteroatoms. The number of nitrogens with zero attached hydrogens (tertiary/aromatic N) is 1. The van der Waals surface area contributed by atoms with Gasteiger partial charge in [-0.1, -0.05) is 23.2 Å². The summed E-state index contributed by atoms with van der Waals surface area (Å²) in [6.45, 7) is 1.50. The average Bonchev–Trinajstić information content (AvgIpc) is 2.99. The summed E-state index contributed by atoms with van der Waals surface area (Å²) in [6.07, 6.45) is -0.223. The van der Waals surface area contributed by atoms with Crippen LogP contribution in [0.4, 0.5) is 9.80 Å². The maximum absolute atomic E-state index is 12.3. The molecular weight excluding hydrogens is 343 g/mol. The molecule has 0 spiro atoms. The van der Waals surface area contributed by atoms with Crippen molar-refractivity contribution in [1.82, 2.24) is 4.90 Å². The maximum Gasteiger partial charge on any atom is 0.322 e. The second kappa shape index (κ2) is 6.87. The summed E-state index contributed by atoms with van der Waals surface area (Å²) >= 11 is 13.6. The van der Waals surface area contributed by atoms with Gasteiger partial charge < -0.3 is 9.64 Å². The zero-order valence-electron chi connectivity index (χ0n) is 11.6. The van der Waals surface area contributed by atoms with Gasteiger partial charge in [-0.05, 0) is 41.3 Å². The van der Waals surface area contributed by atoms with Crippen LogP contribution in [0.3, 0.4) is 0 Å². The monoisotopic (exact) mass is 356 g/mol. The molecule has 116 valence electrons. The van der Waals surface area contributed by atoms with Crippen molar-refractivity contribution in [1.29, 1.82) is 0 Å². The van der Waals surface area contributed by atoms with E-state index < -0.39 is 0 Å². The summed E-state index contributed by atoms with van der Waals surface area (Å²) in [5.74, 6) is 0. The second-order valence-corrected chi connectivity index (χ2v) is 6.74. The summed E-state index contributed by atoms with van der Waals surface area (Å²) in [7, 11) is 0. The van der Waals surface area contributed by atoms with Crippen LogP contribution >= 0.6 is 34.5 Å². The minimum Gasteiger partial charge on any atom is -0.370 e. The molecule has 1 aromatic heterocycles. The number of carbonyl (C=O) groups is 1. The Morgan fingerprint density at radius 3 is 2.77 bits per heavy atom. The van der Waals surface area contributed by atoms with Gasteiger partial charge in [0.2, 0.25) is 0 Å². The molecule has 0 radical (unpaired) electrons. The van der Waals surface area contributed by atoms with Gasteiger partial charge in [0.05, 0.1) is 18.2 Å². The van der Waals surface area contributed by atoms with Gasteiger partial charge in [-0.2, -0.15) is 0 Å². The zero-order chi connectivity index (χ0) is 15.5. The van der Waals surface area contributed by atoms with E-state index >= 15 is 0 Å². The highest BCUT2D eigenvalue weighted by atomic mass is 35.5. The first kappa shape index (κ1) is 15.6. The zero-order valence-corrected chi connectivity index (χ0v) is 13.9. The first-order valence-electron chi connectivity index (χ1n) is 6.79. The fraction of sp³-hybridized carbons (Fsp3) is 0.267. The number of hydrogen-bond acceptors (Lipinski definition) is 3. The highest BCUT2D eigenvalue weighted by molar-refractivity contribution is 7.14. The average molecular weight is 357 g/mol. The van der Waals surface area contributed by atoms with Gasteiger partial charge in [-0.15, -0.1) is 11.3 Å². The number of thiophene rings is 1. The molecule has 0 saturated carbocycles. The number of carbonyl (C=O) groups excluding carboxylic acids is 1. The highest BCUT2D eigenvalue weighted by Gasteiger charge is 2.26. The van der Waals surface area contributed by atoms with Crippen LogP contribution in [0.1, 0.15) is 11.7 Å². The molecule has 4 nitrogen and oxygen atoms in total. The Kier molecular flexibility index (Phi) is 4.88. The standard InChI is InChI=1S/C15H14Cl2N2O2S/c16-11-6-10(7-12(17)8-11)13-9-19(3-4-21-13)15(20)18-14-2-1-5-22-14/h1-2,5-8,13H,3-4,9H2,(H,18,20)/t13-/m1/s1. The van der Waals surface area contributed by atoms with Crippen LogP contribution in [0.5, 0.6) is 0 Å². The minimum atomic E-state index is -0.223. The molecule has 1 atom stereocenters. The molecule has 2 heterocycles. The number of urea groups is 1. The number of hydrogen-bond donors (Lipinski definition) is 1. The molecule has 1 aliphatic heterocycles. The molecule has 1 saturated heterocycles. The molecule has 0 aliphatic carbocycles. The van der Waals surface area contributed by atoms with Crippen LogP contribution in [0.15, 0.2) is 35.7 Å². The third-order valence-electron chi connectivity index (χ3n) is 3.36. The van der Waals surface area contributed by atoms with Crippen LogP contribution < -0.4 is 5.32 Å². The van der Waals surface area contributed by atoms with Crippen molar-refractivity contribution in [2.75, 3.05) is 25.0 Å². The predicted molar refractivity (Wildman–Crippen MR) is 90.1 cm³/mol. The molecule has 0 unspecified atom stereocenters. The number of benzene rings is 1. The van der Waals surface area contributed by atoms with Gasteiger partial charge in [0.15, 0.2) is 0 Å². The van der Waals surface area contributed by atoms with Crippen LogP contribution in [0.2, 0.25) is 10.0 Å². The van der Waals surface area contributed by atoms with Crippen LogP contribution in [0, 0.1) is 0 Å². The van der Waals surface area contributed by atoms with Crippen molar-refractivity contribution >= 4 is 45.6 Å². The largest absolute Gasteiger partial charge is 0.370 e. The van der Waals surface area contributed by atoms with Crippen molar-refractivity contribution in [2.24, 2.45) is 0 Å². The molecule has 1 aromatic carbocycles. The summed E-state index contributed by atoms with van der Waals surface area (Å²) in [5, 5.41) is 6.76. The highest BCUT2D eigenvalue weighted by Crippen LogP contribution is 2.28. The number of ether oxygens (including phenoxy) is 1. The first-order chi connectivity index (χ1) is 10.6. The Morgan fingerprint density at radius 1 is 1.32 bits per heavy atom. The number of nitrogens with one attached hydrogen (secondary N) is 1. The van der Waals surface area contributed by atoms with Gasteiger partial charge in [0.25, 0.3) is 0 Å². The van der Waals surface area contributed by atoms with E-state index in [0.717, 1.165) is 10.6 Å². The van der Waals surface area contributed by atoms with E-state index in [1.165, 1.54) is 11.3 Å². The van der Waals surface area contributed by atoms with E-state index in [9.17, 15) is 4.79 Å². The number of rotatable bonds is 2. The fourth-order valence-corrected chi connectivity index (χ4v) is 3.48. The lowest BCUT2D eigenvalue weighted by Crippen LogP contribution is -2.44. The van der Waals surface area contributed by atoms with Crippen molar-refractivity contribution in [3.05, 3.63) is 51.3 Å². The third-order valence-corrected chi connectivity index (χ3v) is 4.58. The quantitative estimate of drug-likeness (QED) is 0.849. The molecular formula is C15H14Cl2N2O2S. The van der Waals surface area contributed by atoms with E-state index in [1.807, 2.05) is 29.6 Å². The SMILES string of the molecule is O=C(Nc1cccs1)N1CCO[C@@H](c2cc(Cl)cc(Cl)c2)C1. The maximum atomic E-state index is 12.3. The Bertz CT molecular complexity index is 643. The number of halogens is 2. The van der Waals surface area contributed by atoms with Crippen molar-refractivity contribution in [2.45, 2.75) is 6.10 Å². The molecule has 2 amide bonds. The summed E-state index contributed by atoms with van der Waals surface area (Å²) in [6, 6.07) is 8.96. The van der Waals surface area contributed by atoms with Crippen molar-refractivity contribution in [3.63, 3.8) is 0 Å². The summed E-state index contributed by atoms with van der Waals surface area (Å²) in [4.78, 5) is 14.0. The summed E-state index contributed by atoms with van der Waals surface area (Å²) < 4.78 is 5.75. The van der Waals surface area contributed by atoms with E-state index in [2.05, 4.69) is 5.32 Å². The molecule has 3 rings (SSSR count). The Hall–Kier alpha value is -1.27. The first-order valence-corrected chi connectivity index (χ1v) is 8.42. The minimum absolute atomic E-state index is 0.121. The normalized spacial score (nSPS) is 18.3. The van der Waals surface area contributed by atoms with Crippen molar-refractivity contribution < 1.29 is 9.53 Å². The second-order valence-electron chi connectivity index (χ2n) is 4.92. The van der Waals surface area contributed by atoms with Crippen molar-refractivity contribution in [3.8, 4) is 0 Å². The molecule has 1 fully saturated rings. The van der Waals surface area contributed by atoms with E-state index in [-0.39, 0.29) is 12.1 Å². The van der Waals surface area contributed by atoms with Gasteiger partial charge in [-0.25, -0.2) is 4.79 Å². The lowest BCUT2D eigenvalue weighted by atomic mass is 10.1. The lowest BCUT2D eigenvalue weighted by molar-refractivity contribution is -0.0134. The molecule has 2 aromatic rings. The molecule has 22 heavy (non-hydrogen) atoms. The van der Waals surface area contributed by atoms with Gasteiger partial charge in [0, 0.05) is 16.6 Å². The Morgan fingerprint density at radius 2 is 2.09 bits per heavy atom. The number of amides is 2. The van der Waals surface area contributed by atoms with E-state index in [4.69, 9.17) is 27.9 Å². The van der Waals surface area contributed by atoms with Gasteiger partial charge in [-0.3, -0.25) is 5.32 Å². The van der Waals surface area contributed by atoms with Gasteiger partial charge >= 0.3 is 6.03 Å². The Balaban J connectivity index is 1.69. The smallest absolute Gasteiger partial charge is 0.322 e. The predicted octanol–water partition coefficient (Wildman–Crippen LogP) is 4.66. The number of morpholine rings is 1. The lowest BCUT2D eigenvalue weighted by Gasteiger charge is -2.33. The third kappa shape index (κ3) is 3.73. The van der Waals surface area contributed by atoms with Crippen LogP contribution in [-0.2, 0) is 4.74 Å².